The van der Waals surface area contributed by atoms with Crippen LogP contribution in [-0.4, -0.2) is 43.1 Å². The smallest absolute Gasteiger partial charge is 0.256 e. The molecule has 0 radical (unpaired) electrons. The highest BCUT2D eigenvalue weighted by Gasteiger charge is 2.28. The van der Waals surface area contributed by atoms with Crippen LogP contribution in [0.3, 0.4) is 0 Å². The number of hydrogen-bond donors (Lipinski definition) is 1. The maximum absolute atomic E-state index is 14.0. The highest BCUT2D eigenvalue weighted by molar-refractivity contribution is 7.99. The summed E-state index contributed by atoms with van der Waals surface area (Å²) in [5.74, 6) is 0.422. The number of rotatable bonds is 2. The maximum Gasteiger partial charge on any atom is 0.256 e. The van der Waals surface area contributed by atoms with E-state index < -0.39 is 10.0 Å². The van der Waals surface area contributed by atoms with Crippen molar-refractivity contribution in [3.8, 4) is 0 Å². The molecule has 0 saturated heterocycles. The molecule has 4 rings (SSSR count). The number of halogens is 1. The highest BCUT2D eigenvalue weighted by atomic mass is 32.2. The van der Waals surface area contributed by atoms with Crippen molar-refractivity contribution in [2.45, 2.75) is 17.4 Å². The number of fused-ring (bicyclic) bond motifs is 2. The van der Waals surface area contributed by atoms with Gasteiger partial charge in [-0.05, 0) is 30.2 Å². The van der Waals surface area contributed by atoms with Gasteiger partial charge in [-0.25, -0.2) is 12.8 Å². The molecule has 3 heterocycles. The van der Waals surface area contributed by atoms with Crippen LogP contribution in [0.2, 0.25) is 0 Å². The number of sulfonamides is 1. The summed E-state index contributed by atoms with van der Waals surface area (Å²) in [6.45, 7) is 0.260. The van der Waals surface area contributed by atoms with Gasteiger partial charge >= 0.3 is 0 Å². The van der Waals surface area contributed by atoms with Gasteiger partial charge in [-0.3, -0.25) is 4.79 Å². The zero-order valence-corrected chi connectivity index (χ0v) is 15.3. The zero-order valence-electron chi connectivity index (χ0n) is 13.7. The molecule has 0 fully saturated rings. The normalized spacial score (nSPS) is 23.4. The van der Waals surface area contributed by atoms with E-state index >= 15 is 0 Å². The van der Waals surface area contributed by atoms with Gasteiger partial charge in [-0.1, -0.05) is 12.1 Å². The van der Waals surface area contributed by atoms with Gasteiger partial charge < -0.3 is 10.2 Å². The minimum atomic E-state index is -3.42. The lowest BCUT2D eigenvalue weighted by Gasteiger charge is -2.29. The van der Waals surface area contributed by atoms with Crippen molar-refractivity contribution in [2.24, 2.45) is 4.40 Å². The second kappa shape index (κ2) is 6.55. The molecular weight excluding hydrogens is 377 g/mol. The Kier molecular flexibility index (Phi) is 4.36. The summed E-state index contributed by atoms with van der Waals surface area (Å²) in [6, 6.07) is 4.66. The van der Waals surface area contributed by atoms with Gasteiger partial charge in [0.25, 0.3) is 15.9 Å². The number of amidine groups is 1. The molecule has 1 atom stereocenters. The van der Waals surface area contributed by atoms with Gasteiger partial charge in [0.1, 0.15) is 11.7 Å². The summed E-state index contributed by atoms with van der Waals surface area (Å²) in [5.41, 5.74) is 1.21. The number of carbonyl (C=O) groups is 1. The van der Waals surface area contributed by atoms with Crippen LogP contribution in [0.1, 0.15) is 18.0 Å². The van der Waals surface area contributed by atoms with E-state index in [0.29, 0.717) is 16.3 Å². The molecule has 1 amide bonds. The van der Waals surface area contributed by atoms with Crippen molar-refractivity contribution in [1.82, 2.24) is 10.2 Å². The summed E-state index contributed by atoms with van der Waals surface area (Å²) >= 11 is 1.46. The molecule has 9 heteroatoms. The molecule has 1 aromatic rings. The van der Waals surface area contributed by atoms with E-state index in [9.17, 15) is 17.6 Å². The number of amides is 1. The Morgan fingerprint density at radius 3 is 3.04 bits per heavy atom. The van der Waals surface area contributed by atoms with E-state index in [0.717, 1.165) is 17.7 Å². The molecule has 136 valence electrons. The summed E-state index contributed by atoms with van der Waals surface area (Å²) in [4.78, 5) is 14.9. The largest absolute Gasteiger partial charge is 0.345 e. The molecule has 0 aromatic heterocycles. The fraction of sp³-hybridized carbons (Fsp3) is 0.294. The first-order valence-corrected chi connectivity index (χ1v) is 10.7. The lowest BCUT2D eigenvalue weighted by molar-refractivity contribution is -0.118. The molecule has 6 nitrogen and oxygen atoms in total. The quantitative estimate of drug-likeness (QED) is 0.831. The third kappa shape index (κ3) is 3.28. The van der Waals surface area contributed by atoms with Crippen LogP contribution in [-0.2, 0) is 14.8 Å². The van der Waals surface area contributed by atoms with E-state index in [2.05, 4.69) is 9.71 Å². The van der Waals surface area contributed by atoms with Crippen molar-refractivity contribution in [2.75, 3.05) is 18.1 Å². The van der Waals surface area contributed by atoms with Crippen molar-refractivity contribution < 1.29 is 17.6 Å². The molecule has 1 N–H and O–H groups in total. The Labute approximate surface area is 154 Å². The van der Waals surface area contributed by atoms with Crippen LogP contribution in [0.25, 0.3) is 0 Å². The van der Waals surface area contributed by atoms with E-state index in [1.807, 2.05) is 6.07 Å². The van der Waals surface area contributed by atoms with Gasteiger partial charge in [-0.2, -0.15) is 0 Å². The van der Waals surface area contributed by atoms with Crippen LogP contribution in [0, 0.1) is 5.82 Å². The molecule has 3 aliphatic rings. The molecule has 26 heavy (non-hydrogen) atoms. The van der Waals surface area contributed by atoms with E-state index in [4.69, 9.17) is 0 Å². The van der Waals surface area contributed by atoms with Gasteiger partial charge in [0.15, 0.2) is 0 Å². The van der Waals surface area contributed by atoms with Gasteiger partial charge in [0.2, 0.25) is 0 Å². The Bertz CT molecular complexity index is 969. The van der Waals surface area contributed by atoms with E-state index in [-0.39, 0.29) is 30.1 Å². The third-order valence-corrected chi connectivity index (χ3v) is 6.74. The number of carbonyl (C=O) groups excluding carboxylic acids is 1. The molecule has 0 spiro atoms. The van der Waals surface area contributed by atoms with Crippen molar-refractivity contribution in [3.63, 3.8) is 0 Å². The summed E-state index contributed by atoms with van der Waals surface area (Å²) in [7, 11) is -3.42. The summed E-state index contributed by atoms with van der Waals surface area (Å²) < 4.78 is 40.7. The second-order valence-electron chi connectivity index (χ2n) is 6.17. The Morgan fingerprint density at radius 1 is 1.35 bits per heavy atom. The molecule has 0 aliphatic carbocycles. The summed E-state index contributed by atoms with van der Waals surface area (Å²) in [6.07, 6.45) is 5.40. The van der Waals surface area contributed by atoms with Gasteiger partial charge in [-0.15, -0.1) is 16.2 Å². The standard InChI is InChI=1S/C17H16FN3O3S2/c18-13-3-1-2-12-14(6-8-25-16(12)13)19-17(22)11-4-5-15-20-26(23,24)9-7-21(15)10-11/h1-5,10,14H,6-9H2,(H,19,22). The SMILES string of the molecule is O=C(NC1CCSc2c(F)cccc21)C1=CN2CCS(=O)(=O)N=C2C=C1. The Balaban J connectivity index is 1.53. The molecular formula is C17H16FN3O3S2. The average Bonchev–Trinajstić information content (AvgIpc) is 2.61. The predicted octanol–water partition coefficient (Wildman–Crippen LogP) is 1.98. The van der Waals surface area contributed by atoms with Crippen molar-refractivity contribution >= 4 is 33.5 Å². The van der Waals surface area contributed by atoms with E-state index in [1.54, 1.807) is 23.2 Å². The highest BCUT2D eigenvalue weighted by Crippen LogP contribution is 2.37. The van der Waals surface area contributed by atoms with Crippen LogP contribution >= 0.6 is 11.8 Å². The van der Waals surface area contributed by atoms with Gasteiger partial charge in [0.05, 0.1) is 17.4 Å². The summed E-state index contributed by atoms with van der Waals surface area (Å²) in [5, 5.41) is 2.96. The predicted molar refractivity (Wildman–Crippen MR) is 97.8 cm³/mol. The fourth-order valence-electron chi connectivity index (χ4n) is 3.11. The van der Waals surface area contributed by atoms with Gasteiger partial charge in [0, 0.05) is 23.4 Å². The lowest BCUT2D eigenvalue weighted by Crippen LogP contribution is -2.38. The van der Waals surface area contributed by atoms with Crippen LogP contribution < -0.4 is 5.32 Å². The maximum atomic E-state index is 14.0. The number of hydrogen-bond acceptors (Lipinski definition) is 5. The molecule has 3 aliphatic heterocycles. The fourth-order valence-corrected chi connectivity index (χ4v) is 5.22. The lowest BCUT2D eigenvalue weighted by atomic mass is 10.0. The number of nitrogens with one attached hydrogen (secondary N) is 1. The molecule has 1 unspecified atom stereocenters. The minimum Gasteiger partial charge on any atom is -0.345 e. The zero-order chi connectivity index (χ0) is 18.3. The van der Waals surface area contributed by atoms with Crippen LogP contribution in [0.5, 0.6) is 0 Å². The molecule has 1 aromatic carbocycles. The second-order valence-corrected chi connectivity index (χ2v) is 9.03. The van der Waals surface area contributed by atoms with Crippen molar-refractivity contribution in [3.05, 3.63) is 53.5 Å². The van der Waals surface area contributed by atoms with E-state index in [1.165, 1.54) is 23.9 Å². The first-order valence-electron chi connectivity index (χ1n) is 8.14. The van der Waals surface area contributed by atoms with Crippen LogP contribution in [0.15, 0.2) is 51.4 Å². The van der Waals surface area contributed by atoms with Crippen LogP contribution in [0.4, 0.5) is 4.39 Å². The molecule has 0 bridgehead atoms. The topological polar surface area (TPSA) is 78.8 Å². The average molecular weight is 393 g/mol. The van der Waals surface area contributed by atoms with Crippen molar-refractivity contribution in [1.29, 1.82) is 0 Å². The third-order valence-electron chi connectivity index (χ3n) is 4.42. The monoisotopic (exact) mass is 393 g/mol. The first kappa shape index (κ1) is 17.3. The Morgan fingerprint density at radius 2 is 2.19 bits per heavy atom. The number of thioether (sulfide) groups is 1. The number of nitrogens with zero attached hydrogens (tertiary/aromatic N) is 2. The molecule has 0 saturated carbocycles. The first-order chi connectivity index (χ1) is 12.4. The number of benzene rings is 1. The Hall–Kier alpha value is -2.13. The minimum absolute atomic E-state index is 0.0811.